The number of carbonyl (C=O) groups excluding carboxylic acids is 3. The molecule has 1 aromatic rings. The fourth-order valence-electron chi connectivity index (χ4n) is 5.47. The number of hydrogen-bond donors (Lipinski definition) is 1. The van der Waals surface area contributed by atoms with Gasteiger partial charge < -0.3 is 15.1 Å². The summed E-state index contributed by atoms with van der Waals surface area (Å²) < 4.78 is 0. The van der Waals surface area contributed by atoms with Gasteiger partial charge in [-0.3, -0.25) is 14.4 Å². The second-order valence-electron chi connectivity index (χ2n) is 9.37. The fourth-order valence-corrected chi connectivity index (χ4v) is 5.47. The van der Waals surface area contributed by atoms with Crippen molar-refractivity contribution >= 4 is 17.7 Å². The third-order valence-corrected chi connectivity index (χ3v) is 7.69. The number of nitrogens with zero attached hydrogens (tertiary/aromatic N) is 2. The molecule has 154 valence electrons. The van der Waals surface area contributed by atoms with Crippen LogP contribution in [0.1, 0.15) is 67.4 Å². The van der Waals surface area contributed by atoms with Crippen molar-refractivity contribution in [3.8, 4) is 0 Å². The number of nitrogens with one attached hydrogen (secondary N) is 1. The zero-order valence-corrected chi connectivity index (χ0v) is 17.0. The summed E-state index contributed by atoms with van der Waals surface area (Å²) in [5, 5.41) is 2.85. The highest BCUT2D eigenvalue weighted by molar-refractivity contribution is 6.05. The van der Waals surface area contributed by atoms with E-state index in [-0.39, 0.29) is 30.3 Å². The molecule has 1 aromatic carbocycles. The summed E-state index contributed by atoms with van der Waals surface area (Å²) in [7, 11) is 0. The van der Waals surface area contributed by atoms with Crippen molar-refractivity contribution in [1.82, 2.24) is 15.1 Å². The van der Waals surface area contributed by atoms with E-state index in [1.807, 2.05) is 23.1 Å². The quantitative estimate of drug-likeness (QED) is 0.852. The first-order valence-corrected chi connectivity index (χ1v) is 11.0. The van der Waals surface area contributed by atoms with Gasteiger partial charge in [-0.25, -0.2) is 0 Å². The first-order valence-electron chi connectivity index (χ1n) is 11.0. The molecule has 2 aliphatic heterocycles. The highest BCUT2D eigenvalue weighted by Crippen LogP contribution is 2.50. The van der Waals surface area contributed by atoms with Crippen LogP contribution in [-0.2, 0) is 9.59 Å². The van der Waals surface area contributed by atoms with Gasteiger partial charge >= 0.3 is 0 Å². The van der Waals surface area contributed by atoms with Crippen LogP contribution in [0, 0.1) is 11.3 Å². The Morgan fingerprint density at radius 1 is 1.17 bits per heavy atom. The van der Waals surface area contributed by atoms with Gasteiger partial charge in [-0.2, -0.15) is 0 Å². The van der Waals surface area contributed by atoms with E-state index < -0.39 is 6.04 Å². The van der Waals surface area contributed by atoms with E-state index in [1.165, 1.54) is 19.3 Å². The predicted octanol–water partition coefficient (Wildman–Crippen LogP) is 2.50. The van der Waals surface area contributed by atoms with Gasteiger partial charge in [-0.05, 0) is 55.1 Å². The zero-order valence-electron chi connectivity index (χ0n) is 17.0. The van der Waals surface area contributed by atoms with Crippen molar-refractivity contribution in [2.24, 2.45) is 11.3 Å². The zero-order chi connectivity index (χ0) is 20.2. The third kappa shape index (κ3) is 3.04. The molecule has 0 aromatic heterocycles. The molecule has 3 amide bonds. The number of fused-ring (bicyclic) bond motifs is 1. The number of benzene rings is 1. The van der Waals surface area contributed by atoms with Crippen LogP contribution in [0.2, 0.25) is 0 Å². The van der Waals surface area contributed by atoms with E-state index in [1.54, 1.807) is 11.0 Å². The maximum Gasteiger partial charge on any atom is 0.255 e. The van der Waals surface area contributed by atoms with Gasteiger partial charge in [0.15, 0.2) is 0 Å². The molecule has 2 saturated carbocycles. The maximum absolute atomic E-state index is 13.1. The topological polar surface area (TPSA) is 69.7 Å². The van der Waals surface area contributed by atoms with Crippen molar-refractivity contribution in [2.45, 2.75) is 57.5 Å². The van der Waals surface area contributed by atoms with Gasteiger partial charge in [0.2, 0.25) is 11.8 Å². The lowest BCUT2D eigenvalue weighted by atomic mass is 9.59. The minimum Gasteiger partial charge on any atom is -0.345 e. The number of hydrogen-bond acceptors (Lipinski definition) is 3. The van der Waals surface area contributed by atoms with E-state index in [4.69, 9.17) is 0 Å². The molecule has 5 rings (SSSR count). The molecule has 6 nitrogen and oxygen atoms in total. The van der Waals surface area contributed by atoms with Gasteiger partial charge in [0.25, 0.3) is 5.91 Å². The van der Waals surface area contributed by atoms with Gasteiger partial charge in [-0.1, -0.05) is 31.5 Å². The minimum absolute atomic E-state index is 0.00731. The Hall–Kier alpha value is -2.37. The van der Waals surface area contributed by atoms with Crippen LogP contribution in [0.25, 0.3) is 0 Å². The Bertz CT molecular complexity index is 859. The van der Waals surface area contributed by atoms with E-state index >= 15 is 0 Å². The van der Waals surface area contributed by atoms with Crippen molar-refractivity contribution in [1.29, 1.82) is 0 Å². The van der Waals surface area contributed by atoms with Crippen LogP contribution >= 0.6 is 0 Å². The first kappa shape index (κ1) is 18.6. The Labute approximate surface area is 171 Å². The highest BCUT2D eigenvalue weighted by atomic mass is 16.2. The fraction of sp³-hybridized carbons (Fsp3) is 0.609. The van der Waals surface area contributed by atoms with Gasteiger partial charge in [0, 0.05) is 24.7 Å². The smallest absolute Gasteiger partial charge is 0.255 e. The van der Waals surface area contributed by atoms with E-state index in [2.05, 4.69) is 12.2 Å². The molecule has 1 spiro atoms. The van der Waals surface area contributed by atoms with E-state index in [0.29, 0.717) is 16.9 Å². The largest absolute Gasteiger partial charge is 0.345 e. The molecular weight excluding hydrogens is 366 g/mol. The SMILES string of the molecule is C[C@@H]1CCN(C(=O)CNC(=O)[C@@H]2c3ccccc3C(=O)N2C2CC2)CC12CCC2. The van der Waals surface area contributed by atoms with Crippen molar-refractivity contribution < 1.29 is 14.4 Å². The number of piperidine rings is 1. The lowest BCUT2D eigenvalue weighted by Crippen LogP contribution is -2.55. The third-order valence-electron chi connectivity index (χ3n) is 7.69. The van der Waals surface area contributed by atoms with Crippen LogP contribution in [0.15, 0.2) is 24.3 Å². The Morgan fingerprint density at radius 2 is 1.93 bits per heavy atom. The molecular formula is C23H29N3O3. The standard InChI is InChI=1S/C23H29N3O3/c1-15-9-12-25(14-23(15)10-4-11-23)19(27)13-24-21(28)20-17-5-2-3-6-18(17)22(29)26(20)16-7-8-16/h2-3,5-6,15-16,20H,4,7-14H2,1H3,(H,24,28)/t15-,20+/m1/s1. The average molecular weight is 396 g/mol. The molecule has 1 N–H and O–H groups in total. The summed E-state index contributed by atoms with van der Waals surface area (Å²) >= 11 is 0. The molecule has 0 radical (unpaired) electrons. The predicted molar refractivity (Wildman–Crippen MR) is 108 cm³/mol. The molecule has 0 unspecified atom stereocenters. The minimum atomic E-state index is -0.613. The van der Waals surface area contributed by atoms with Crippen LogP contribution in [0.4, 0.5) is 0 Å². The van der Waals surface area contributed by atoms with Crippen molar-refractivity contribution in [3.05, 3.63) is 35.4 Å². The number of carbonyl (C=O) groups is 3. The first-order chi connectivity index (χ1) is 14.0. The lowest BCUT2D eigenvalue weighted by molar-refractivity contribution is -0.140. The second-order valence-corrected chi connectivity index (χ2v) is 9.37. The molecule has 6 heteroatoms. The van der Waals surface area contributed by atoms with Crippen LogP contribution < -0.4 is 5.32 Å². The summed E-state index contributed by atoms with van der Waals surface area (Å²) in [4.78, 5) is 42.3. The molecule has 3 fully saturated rings. The second kappa shape index (κ2) is 6.85. The van der Waals surface area contributed by atoms with Crippen LogP contribution in [0.5, 0.6) is 0 Å². The summed E-state index contributed by atoms with van der Waals surface area (Å²) in [5.74, 6) is 0.355. The lowest BCUT2D eigenvalue weighted by Gasteiger charge is -2.53. The molecule has 2 aliphatic carbocycles. The molecule has 2 atom stereocenters. The van der Waals surface area contributed by atoms with E-state index in [0.717, 1.165) is 37.9 Å². The van der Waals surface area contributed by atoms with Gasteiger partial charge in [-0.15, -0.1) is 0 Å². The monoisotopic (exact) mass is 395 g/mol. The van der Waals surface area contributed by atoms with Crippen molar-refractivity contribution in [2.75, 3.05) is 19.6 Å². The normalized spacial score (nSPS) is 27.6. The van der Waals surface area contributed by atoms with Gasteiger partial charge in [0.05, 0.1) is 6.54 Å². The Kier molecular flexibility index (Phi) is 4.41. The summed E-state index contributed by atoms with van der Waals surface area (Å²) in [6.45, 7) is 3.91. The molecule has 2 heterocycles. The molecule has 0 bridgehead atoms. The molecule has 1 saturated heterocycles. The van der Waals surface area contributed by atoms with E-state index in [9.17, 15) is 14.4 Å². The molecule has 4 aliphatic rings. The van der Waals surface area contributed by atoms with Gasteiger partial charge in [0.1, 0.15) is 6.04 Å². The number of rotatable bonds is 4. The summed E-state index contributed by atoms with van der Waals surface area (Å²) in [5.41, 5.74) is 1.68. The van der Waals surface area contributed by atoms with Crippen molar-refractivity contribution in [3.63, 3.8) is 0 Å². The van der Waals surface area contributed by atoms with Crippen LogP contribution in [0.3, 0.4) is 0 Å². The number of likely N-dealkylation sites (tertiary alicyclic amines) is 1. The summed E-state index contributed by atoms with van der Waals surface area (Å²) in [6, 6.07) is 6.87. The highest BCUT2D eigenvalue weighted by Gasteiger charge is 2.48. The Balaban J connectivity index is 1.26. The maximum atomic E-state index is 13.1. The average Bonchev–Trinajstić information content (AvgIpc) is 3.49. The molecule has 29 heavy (non-hydrogen) atoms. The van der Waals surface area contributed by atoms with Crippen LogP contribution in [-0.4, -0.2) is 53.2 Å². The summed E-state index contributed by atoms with van der Waals surface area (Å²) in [6.07, 6.45) is 6.60. The Morgan fingerprint density at radius 3 is 2.62 bits per heavy atom. The number of amides is 3.